The van der Waals surface area contributed by atoms with Crippen LogP contribution in [-0.2, 0) is 0 Å². The van der Waals surface area contributed by atoms with Gasteiger partial charge in [0.2, 0.25) is 11.2 Å². The number of methoxy groups -OCH3 is 2. The SMILES string of the molecule is COc1ccc(-c2oc3c(ccc4occc43)c(=O)c2OC)cc1. The van der Waals surface area contributed by atoms with Crippen molar-refractivity contribution in [2.45, 2.75) is 0 Å². The molecule has 120 valence electrons. The first-order valence-electron chi connectivity index (χ1n) is 7.38. The second kappa shape index (κ2) is 5.45. The number of hydrogen-bond donors (Lipinski definition) is 0. The van der Waals surface area contributed by atoms with E-state index in [0.717, 1.165) is 16.7 Å². The maximum atomic E-state index is 12.8. The molecule has 2 aromatic heterocycles. The Hall–Kier alpha value is -3.21. The van der Waals surface area contributed by atoms with Gasteiger partial charge in [0, 0.05) is 5.56 Å². The number of furan rings is 1. The zero-order valence-electron chi connectivity index (χ0n) is 13.2. The summed E-state index contributed by atoms with van der Waals surface area (Å²) >= 11 is 0. The molecule has 2 aromatic carbocycles. The summed E-state index contributed by atoms with van der Waals surface area (Å²) in [6, 6.07) is 12.5. The Morgan fingerprint density at radius 2 is 1.67 bits per heavy atom. The molecule has 0 aliphatic rings. The van der Waals surface area contributed by atoms with Gasteiger partial charge >= 0.3 is 0 Å². The standard InChI is InChI=1S/C19H14O5/c1-21-12-5-3-11(4-6-12)17-19(22-2)16(20)14-7-8-15-13(9-10-23-15)18(14)24-17/h3-10H,1-2H3. The van der Waals surface area contributed by atoms with Crippen molar-refractivity contribution < 1.29 is 18.3 Å². The lowest BCUT2D eigenvalue weighted by atomic mass is 10.1. The normalized spacial score (nSPS) is 11.1. The maximum absolute atomic E-state index is 12.8. The first kappa shape index (κ1) is 14.4. The third-order valence-electron chi connectivity index (χ3n) is 4.00. The van der Waals surface area contributed by atoms with E-state index < -0.39 is 0 Å². The smallest absolute Gasteiger partial charge is 0.235 e. The summed E-state index contributed by atoms with van der Waals surface area (Å²) in [5.74, 6) is 1.28. The molecule has 2 heterocycles. The van der Waals surface area contributed by atoms with E-state index in [0.29, 0.717) is 22.3 Å². The molecule has 0 fully saturated rings. The van der Waals surface area contributed by atoms with Crippen LogP contribution in [-0.4, -0.2) is 14.2 Å². The van der Waals surface area contributed by atoms with E-state index in [1.807, 2.05) is 12.1 Å². The fourth-order valence-electron chi connectivity index (χ4n) is 2.80. The largest absolute Gasteiger partial charge is 0.497 e. The lowest BCUT2D eigenvalue weighted by Gasteiger charge is -2.10. The maximum Gasteiger partial charge on any atom is 0.235 e. The van der Waals surface area contributed by atoms with Gasteiger partial charge in [0.15, 0.2) is 5.76 Å². The van der Waals surface area contributed by atoms with Crippen molar-refractivity contribution >= 4 is 21.9 Å². The Morgan fingerprint density at radius 1 is 0.875 bits per heavy atom. The highest BCUT2D eigenvalue weighted by atomic mass is 16.5. The van der Waals surface area contributed by atoms with Gasteiger partial charge in [-0.05, 0) is 42.5 Å². The van der Waals surface area contributed by atoms with Crippen molar-refractivity contribution in [2.24, 2.45) is 0 Å². The summed E-state index contributed by atoms with van der Waals surface area (Å²) in [5, 5.41) is 1.21. The molecule has 5 nitrogen and oxygen atoms in total. The third kappa shape index (κ3) is 2.06. The molecule has 0 bridgehead atoms. The second-order valence-corrected chi connectivity index (χ2v) is 5.30. The topological polar surface area (TPSA) is 61.8 Å². The minimum Gasteiger partial charge on any atom is -0.497 e. The molecule has 0 saturated carbocycles. The number of rotatable bonds is 3. The van der Waals surface area contributed by atoms with Crippen LogP contribution in [0.4, 0.5) is 0 Å². The molecule has 0 amide bonds. The molecule has 5 heteroatoms. The Labute approximate surface area is 137 Å². The monoisotopic (exact) mass is 322 g/mol. The zero-order chi connectivity index (χ0) is 16.7. The summed E-state index contributed by atoms with van der Waals surface area (Å²) < 4.78 is 22.0. The average Bonchev–Trinajstić information content (AvgIpc) is 3.10. The van der Waals surface area contributed by atoms with Gasteiger partial charge in [-0.1, -0.05) is 0 Å². The molecule has 0 N–H and O–H groups in total. The number of hydrogen-bond acceptors (Lipinski definition) is 5. The van der Waals surface area contributed by atoms with E-state index in [9.17, 15) is 4.79 Å². The van der Waals surface area contributed by atoms with Crippen LogP contribution in [0.1, 0.15) is 0 Å². The molecule has 24 heavy (non-hydrogen) atoms. The summed E-state index contributed by atoms with van der Waals surface area (Å²) in [7, 11) is 3.06. The number of ether oxygens (including phenoxy) is 2. The molecule has 0 radical (unpaired) electrons. The van der Waals surface area contributed by atoms with Gasteiger partial charge in [-0.25, -0.2) is 0 Å². The molecule has 0 aliphatic carbocycles. The fraction of sp³-hybridized carbons (Fsp3) is 0.105. The highest BCUT2D eigenvalue weighted by molar-refractivity contribution is 6.02. The van der Waals surface area contributed by atoms with E-state index in [1.54, 1.807) is 43.7 Å². The van der Waals surface area contributed by atoms with E-state index in [1.165, 1.54) is 7.11 Å². The van der Waals surface area contributed by atoms with Gasteiger partial charge in [-0.2, -0.15) is 0 Å². The van der Waals surface area contributed by atoms with Crippen molar-refractivity contribution in [1.29, 1.82) is 0 Å². The van der Waals surface area contributed by atoms with E-state index in [2.05, 4.69) is 0 Å². The van der Waals surface area contributed by atoms with Crippen LogP contribution < -0.4 is 14.9 Å². The van der Waals surface area contributed by atoms with Crippen molar-refractivity contribution in [3.05, 3.63) is 59.0 Å². The fourth-order valence-corrected chi connectivity index (χ4v) is 2.80. The molecular formula is C19H14O5. The van der Waals surface area contributed by atoms with E-state index in [4.69, 9.17) is 18.3 Å². The van der Waals surface area contributed by atoms with Gasteiger partial charge in [0.05, 0.1) is 31.3 Å². The molecule has 4 aromatic rings. The van der Waals surface area contributed by atoms with Crippen molar-refractivity contribution in [3.8, 4) is 22.8 Å². The second-order valence-electron chi connectivity index (χ2n) is 5.30. The van der Waals surface area contributed by atoms with Gasteiger partial charge in [0.1, 0.15) is 16.9 Å². The van der Waals surface area contributed by atoms with Crippen molar-refractivity contribution in [3.63, 3.8) is 0 Å². The molecule has 0 spiro atoms. The number of fused-ring (bicyclic) bond motifs is 3. The molecule has 0 saturated heterocycles. The number of benzene rings is 2. The first-order valence-corrected chi connectivity index (χ1v) is 7.38. The average molecular weight is 322 g/mol. The Kier molecular flexibility index (Phi) is 3.27. The van der Waals surface area contributed by atoms with Gasteiger partial charge in [-0.15, -0.1) is 0 Å². The first-order chi connectivity index (χ1) is 11.7. The Bertz CT molecular complexity index is 1090. The highest BCUT2D eigenvalue weighted by Crippen LogP contribution is 2.34. The zero-order valence-corrected chi connectivity index (χ0v) is 13.2. The summed E-state index contributed by atoms with van der Waals surface area (Å²) in [6.45, 7) is 0. The van der Waals surface area contributed by atoms with Gasteiger partial charge < -0.3 is 18.3 Å². The minimum absolute atomic E-state index is 0.176. The Morgan fingerprint density at radius 3 is 2.38 bits per heavy atom. The Balaban J connectivity index is 2.07. The predicted octanol–water partition coefficient (Wildman–Crippen LogP) is 4.22. The van der Waals surface area contributed by atoms with Crippen molar-refractivity contribution in [2.75, 3.05) is 14.2 Å². The minimum atomic E-state index is -0.215. The molecule has 0 atom stereocenters. The summed E-state index contributed by atoms with van der Waals surface area (Å²) in [5.41, 5.74) is 1.66. The van der Waals surface area contributed by atoms with E-state index in [-0.39, 0.29) is 11.2 Å². The van der Waals surface area contributed by atoms with Crippen LogP contribution >= 0.6 is 0 Å². The quantitative estimate of drug-likeness (QED) is 0.565. The molecule has 0 unspecified atom stereocenters. The van der Waals surface area contributed by atoms with Crippen molar-refractivity contribution in [1.82, 2.24) is 0 Å². The highest BCUT2D eigenvalue weighted by Gasteiger charge is 2.19. The van der Waals surface area contributed by atoms with Crippen LogP contribution in [0.5, 0.6) is 11.5 Å². The van der Waals surface area contributed by atoms with Crippen LogP contribution in [0, 0.1) is 0 Å². The molecule has 4 rings (SSSR count). The van der Waals surface area contributed by atoms with Crippen LogP contribution in [0.2, 0.25) is 0 Å². The van der Waals surface area contributed by atoms with Crippen LogP contribution in [0.3, 0.4) is 0 Å². The van der Waals surface area contributed by atoms with E-state index >= 15 is 0 Å². The lowest BCUT2D eigenvalue weighted by molar-refractivity contribution is 0.398. The third-order valence-corrected chi connectivity index (χ3v) is 4.00. The van der Waals surface area contributed by atoms with Gasteiger partial charge in [0.25, 0.3) is 0 Å². The van der Waals surface area contributed by atoms with Crippen LogP contribution in [0.15, 0.2) is 62.4 Å². The summed E-state index contributed by atoms with van der Waals surface area (Å²) in [6.07, 6.45) is 1.57. The summed E-state index contributed by atoms with van der Waals surface area (Å²) in [4.78, 5) is 12.8. The van der Waals surface area contributed by atoms with Crippen LogP contribution in [0.25, 0.3) is 33.3 Å². The lowest BCUT2D eigenvalue weighted by Crippen LogP contribution is -2.07. The molecule has 0 aliphatic heterocycles. The molecular weight excluding hydrogens is 308 g/mol. The van der Waals surface area contributed by atoms with Gasteiger partial charge in [-0.3, -0.25) is 4.79 Å². The predicted molar refractivity (Wildman–Crippen MR) is 90.8 cm³/mol.